The molecule has 0 aromatic carbocycles. The van der Waals surface area contributed by atoms with Gasteiger partial charge in [0.25, 0.3) is 0 Å². The van der Waals surface area contributed by atoms with E-state index in [0.717, 1.165) is 39.3 Å². The van der Waals surface area contributed by atoms with Gasteiger partial charge in [-0.1, -0.05) is 13.8 Å². The van der Waals surface area contributed by atoms with E-state index < -0.39 is 0 Å². The second-order valence-corrected chi connectivity index (χ2v) is 5.41. The van der Waals surface area contributed by atoms with Gasteiger partial charge in [0.05, 0.1) is 13.2 Å². The molecule has 16 heavy (non-hydrogen) atoms. The van der Waals surface area contributed by atoms with Gasteiger partial charge in [-0.3, -0.25) is 9.69 Å². The molecule has 0 aromatic heterocycles. The minimum absolute atomic E-state index is 0.187. The Morgan fingerprint density at radius 1 is 1.38 bits per heavy atom. The smallest absolute Gasteiger partial charge is 0.155 e. The van der Waals surface area contributed by atoms with Crippen LogP contribution in [0.2, 0.25) is 0 Å². The van der Waals surface area contributed by atoms with Crippen LogP contribution in [0.4, 0.5) is 0 Å². The maximum absolute atomic E-state index is 11.5. The van der Waals surface area contributed by atoms with E-state index in [2.05, 4.69) is 18.7 Å². The third kappa shape index (κ3) is 2.71. The summed E-state index contributed by atoms with van der Waals surface area (Å²) < 4.78 is 5.33. The van der Waals surface area contributed by atoms with E-state index in [-0.39, 0.29) is 5.41 Å². The highest BCUT2D eigenvalue weighted by Crippen LogP contribution is 2.35. The predicted molar refractivity (Wildman–Crippen MR) is 63.4 cm³/mol. The van der Waals surface area contributed by atoms with Gasteiger partial charge in [-0.05, 0) is 23.5 Å². The molecule has 1 saturated heterocycles. The lowest BCUT2D eigenvalue weighted by Gasteiger charge is -2.36. The van der Waals surface area contributed by atoms with Crippen LogP contribution in [0.5, 0.6) is 0 Å². The van der Waals surface area contributed by atoms with E-state index in [1.54, 1.807) is 0 Å². The lowest BCUT2D eigenvalue weighted by atomic mass is 9.75. The summed E-state index contributed by atoms with van der Waals surface area (Å²) in [5.74, 6) is 0.294. The minimum Gasteiger partial charge on any atom is -0.379 e. The van der Waals surface area contributed by atoms with Crippen molar-refractivity contribution in [2.24, 2.45) is 5.41 Å². The highest BCUT2D eigenvalue weighted by molar-refractivity contribution is 5.91. The zero-order valence-electron chi connectivity index (χ0n) is 10.3. The summed E-state index contributed by atoms with van der Waals surface area (Å²) in [6.45, 7) is 9.03. The topological polar surface area (TPSA) is 29.5 Å². The molecule has 0 amide bonds. The van der Waals surface area contributed by atoms with E-state index in [1.165, 1.54) is 5.57 Å². The third-order valence-corrected chi connectivity index (χ3v) is 3.70. The van der Waals surface area contributed by atoms with Crippen molar-refractivity contribution in [1.82, 2.24) is 4.90 Å². The minimum atomic E-state index is 0.187. The first-order chi connectivity index (χ1) is 7.58. The van der Waals surface area contributed by atoms with E-state index in [1.807, 2.05) is 6.08 Å². The molecule has 0 aromatic rings. The highest BCUT2D eigenvalue weighted by Gasteiger charge is 2.29. The lowest BCUT2D eigenvalue weighted by molar-refractivity contribution is -0.115. The number of nitrogens with zero attached hydrogens (tertiary/aromatic N) is 1. The van der Waals surface area contributed by atoms with Crippen LogP contribution in [-0.4, -0.2) is 43.5 Å². The van der Waals surface area contributed by atoms with Gasteiger partial charge in [0.15, 0.2) is 5.78 Å². The van der Waals surface area contributed by atoms with Gasteiger partial charge in [0.1, 0.15) is 0 Å². The Labute approximate surface area is 97.5 Å². The van der Waals surface area contributed by atoms with Gasteiger partial charge < -0.3 is 4.74 Å². The SMILES string of the molecule is CC1(C)CCC(=O)C=C1CN1CCOCC1. The standard InChI is InChI=1S/C13H21NO2/c1-13(2)4-3-12(15)9-11(13)10-14-5-7-16-8-6-14/h9H,3-8,10H2,1-2H3. The Balaban J connectivity index is 2.03. The van der Waals surface area contributed by atoms with E-state index in [9.17, 15) is 4.79 Å². The molecule has 1 fully saturated rings. The van der Waals surface area contributed by atoms with Crippen LogP contribution in [-0.2, 0) is 9.53 Å². The normalized spacial score (nSPS) is 26.6. The largest absolute Gasteiger partial charge is 0.379 e. The van der Waals surface area contributed by atoms with Crippen molar-refractivity contribution < 1.29 is 9.53 Å². The Kier molecular flexibility index (Phi) is 3.45. The summed E-state index contributed by atoms with van der Waals surface area (Å²) in [5.41, 5.74) is 1.48. The fourth-order valence-corrected chi connectivity index (χ4v) is 2.32. The number of ketones is 1. The van der Waals surface area contributed by atoms with Crippen molar-refractivity contribution in [2.75, 3.05) is 32.8 Å². The van der Waals surface area contributed by atoms with Crippen LogP contribution < -0.4 is 0 Å². The number of hydrogen-bond donors (Lipinski definition) is 0. The quantitative estimate of drug-likeness (QED) is 0.712. The van der Waals surface area contributed by atoms with Crippen molar-refractivity contribution >= 4 is 5.78 Å². The van der Waals surface area contributed by atoms with E-state index in [4.69, 9.17) is 4.74 Å². The van der Waals surface area contributed by atoms with E-state index in [0.29, 0.717) is 12.2 Å². The zero-order valence-corrected chi connectivity index (χ0v) is 10.3. The molecule has 1 aliphatic heterocycles. The molecule has 0 saturated carbocycles. The molecule has 1 heterocycles. The Morgan fingerprint density at radius 2 is 2.06 bits per heavy atom. The number of carbonyl (C=O) groups is 1. The average molecular weight is 223 g/mol. The Bertz CT molecular complexity index is 301. The molecular formula is C13H21NO2. The maximum atomic E-state index is 11.5. The molecule has 2 rings (SSSR count). The summed E-state index contributed by atoms with van der Waals surface area (Å²) in [5, 5.41) is 0. The second kappa shape index (κ2) is 4.68. The van der Waals surface area contributed by atoms with Gasteiger partial charge in [-0.25, -0.2) is 0 Å². The summed E-state index contributed by atoms with van der Waals surface area (Å²) >= 11 is 0. The molecule has 3 nitrogen and oxygen atoms in total. The zero-order chi connectivity index (χ0) is 11.6. The van der Waals surface area contributed by atoms with Crippen LogP contribution >= 0.6 is 0 Å². The first kappa shape index (κ1) is 11.8. The Morgan fingerprint density at radius 3 is 2.75 bits per heavy atom. The van der Waals surface area contributed by atoms with Crippen molar-refractivity contribution in [1.29, 1.82) is 0 Å². The van der Waals surface area contributed by atoms with E-state index >= 15 is 0 Å². The first-order valence-electron chi connectivity index (χ1n) is 6.12. The molecule has 2 aliphatic rings. The first-order valence-corrected chi connectivity index (χ1v) is 6.12. The number of allylic oxidation sites excluding steroid dienone is 1. The van der Waals surface area contributed by atoms with Crippen LogP contribution in [0.1, 0.15) is 26.7 Å². The van der Waals surface area contributed by atoms with Gasteiger partial charge in [-0.2, -0.15) is 0 Å². The molecular weight excluding hydrogens is 202 g/mol. The summed E-state index contributed by atoms with van der Waals surface area (Å²) in [7, 11) is 0. The Hall–Kier alpha value is -0.670. The molecule has 3 heteroatoms. The summed E-state index contributed by atoms with van der Waals surface area (Å²) in [6.07, 6.45) is 3.57. The highest BCUT2D eigenvalue weighted by atomic mass is 16.5. The fourth-order valence-electron chi connectivity index (χ4n) is 2.32. The van der Waals surface area contributed by atoms with Gasteiger partial charge in [-0.15, -0.1) is 0 Å². The number of morpholine rings is 1. The molecule has 0 bridgehead atoms. The van der Waals surface area contributed by atoms with Crippen LogP contribution in [0.3, 0.4) is 0 Å². The van der Waals surface area contributed by atoms with Crippen molar-refractivity contribution in [2.45, 2.75) is 26.7 Å². The molecule has 0 atom stereocenters. The maximum Gasteiger partial charge on any atom is 0.155 e. The van der Waals surface area contributed by atoms with Crippen LogP contribution in [0, 0.1) is 5.41 Å². The van der Waals surface area contributed by atoms with Crippen molar-refractivity contribution in [3.63, 3.8) is 0 Å². The number of hydrogen-bond acceptors (Lipinski definition) is 3. The predicted octanol–water partition coefficient (Wildman–Crippen LogP) is 1.63. The van der Waals surface area contributed by atoms with Crippen LogP contribution in [0.15, 0.2) is 11.6 Å². The molecule has 1 aliphatic carbocycles. The van der Waals surface area contributed by atoms with Crippen LogP contribution in [0.25, 0.3) is 0 Å². The van der Waals surface area contributed by atoms with Crippen molar-refractivity contribution in [3.8, 4) is 0 Å². The monoisotopic (exact) mass is 223 g/mol. The van der Waals surface area contributed by atoms with Gasteiger partial charge >= 0.3 is 0 Å². The molecule has 0 spiro atoms. The lowest BCUT2D eigenvalue weighted by Crippen LogP contribution is -2.40. The summed E-state index contributed by atoms with van der Waals surface area (Å²) in [6, 6.07) is 0. The number of carbonyl (C=O) groups excluding carboxylic acids is 1. The summed E-state index contributed by atoms with van der Waals surface area (Å²) in [4.78, 5) is 13.9. The molecule has 90 valence electrons. The third-order valence-electron chi connectivity index (χ3n) is 3.70. The molecule has 0 N–H and O–H groups in total. The number of ether oxygens (including phenoxy) is 1. The average Bonchev–Trinajstić information content (AvgIpc) is 2.26. The fraction of sp³-hybridized carbons (Fsp3) is 0.769. The van der Waals surface area contributed by atoms with Crippen molar-refractivity contribution in [3.05, 3.63) is 11.6 Å². The molecule has 0 unspecified atom stereocenters. The van der Waals surface area contributed by atoms with Gasteiger partial charge in [0.2, 0.25) is 0 Å². The second-order valence-electron chi connectivity index (χ2n) is 5.41. The number of rotatable bonds is 2. The molecule has 0 radical (unpaired) electrons. The van der Waals surface area contributed by atoms with Gasteiger partial charge in [0, 0.05) is 26.1 Å².